The van der Waals surface area contributed by atoms with Crippen molar-refractivity contribution in [2.45, 2.75) is 0 Å². The van der Waals surface area contributed by atoms with Crippen molar-refractivity contribution in [3.63, 3.8) is 0 Å². The molecular weight excluding hydrogens is 302 g/mol. The zero-order valence-electron chi connectivity index (χ0n) is 8.12. The van der Waals surface area contributed by atoms with E-state index in [0.29, 0.717) is 0 Å². The van der Waals surface area contributed by atoms with Crippen LogP contribution in [0, 0.1) is 6.33 Å². The monoisotopic (exact) mass is 310 g/mol. The quantitative estimate of drug-likeness (QED) is 0.512. The Morgan fingerprint density at radius 3 is 2.88 bits per heavy atom. The number of pyridine rings is 1. The first-order valence-corrected chi connectivity index (χ1v) is 5.36. The summed E-state index contributed by atoms with van der Waals surface area (Å²) in [6, 6.07) is 7.74. The molecule has 0 aliphatic rings. The zero-order chi connectivity index (χ0) is 10.1. The minimum atomic E-state index is 0. The Morgan fingerprint density at radius 2 is 2.06 bits per heavy atom. The number of nitrogens with zero attached hydrogens (tertiary/aromatic N) is 3. The molecule has 0 spiro atoms. The topological polar surface area (TPSA) is 38.7 Å². The average Bonchev–Trinajstić information content (AvgIpc) is 2.78. The molecule has 0 bridgehead atoms. The number of rotatable bonds is 1. The van der Waals surface area contributed by atoms with Crippen LogP contribution >= 0.6 is 11.3 Å². The second-order valence-electron chi connectivity index (χ2n) is 3.02. The second kappa shape index (κ2) is 4.81. The minimum absolute atomic E-state index is 0. The molecule has 78 valence electrons. The summed E-state index contributed by atoms with van der Waals surface area (Å²) >= 11 is 1.62. The first-order valence-electron chi connectivity index (χ1n) is 4.48. The molecule has 3 rings (SSSR count). The molecule has 0 saturated carbocycles. The van der Waals surface area contributed by atoms with Crippen LogP contribution in [-0.4, -0.2) is 15.0 Å². The second-order valence-corrected chi connectivity index (χ2v) is 3.94. The molecule has 0 aromatic carbocycles. The van der Waals surface area contributed by atoms with Gasteiger partial charge in [0.2, 0.25) is 0 Å². The van der Waals surface area contributed by atoms with Gasteiger partial charge in [-0.05, 0) is 33.4 Å². The van der Waals surface area contributed by atoms with Crippen LogP contribution in [0.25, 0.3) is 21.6 Å². The van der Waals surface area contributed by atoms with Gasteiger partial charge in [0.15, 0.2) is 0 Å². The molecule has 5 heteroatoms. The normalized spacial score (nSPS) is 10.0. The number of hydrogen-bond donors (Lipinski definition) is 0. The molecule has 0 aliphatic heterocycles. The van der Waals surface area contributed by atoms with Crippen LogP contribution in [0.3, 0.4) is 0 Å². The number of thiophene rings is 1. The predicted octanol–water partition coefficient (Wildman–Crippen LogP) is 2.55. The third-order valence-corrected chi connectivity index (χ3v) is 3.01. The van der Waals surface area contributed by atoms with Gasteiger partial charge in [-0.25, -0.2) is 0 Å². The Morgan fingerprint density at radius 1 is 1.12 bits per heavy atom. The van der Waals surface area contributed by atoms with Crippen LogP contribution in [0.4, 0.5) is 0 Å². The third-order valence-electron chi connectivity index (χ3n) is 2.10. The fourth-order valence-electron chi connectivity index (χ4n) is 1.42. The van der Waals surface area contributed by atoms with Crippen LogP contribution in [0.1, 0.15) is 0 Å². The molecule has 3 nitrogen and oxygen atoms in total. The van der Waals surface area contributed by atoms with Crippen molar-refractivity contribution >= 4 is 21.6 Å². The molecule has 0 unspecified atom stereocenters. The van der Waals surface area contributed by atoms with E-state index in [-0.39, 0.29) is 21.1 Å². The van der Waals surface area contributed by atoms with Crippen molar-refractivity contribution in [2.75, 3.05) is 0 Å². The Kier molecular flexibility index (Phi) is 3.42. The van der Waals surface area contributed by atoms with Gasteiger partial charge in [0.25, 0.3) is 0 Å². The molecule has 0 radical (unpaired) electrons. The minimum Gasteiger partial charge on any atom is -0.365 e. The third kappa shape index (κ3) is 1.91. The molecule has 3 aromatic heterocycles. The standard InChI is InChI=1S/C11H6N3S.Mo/c1-2-5-12-8(3-1)10-11-9(4-6-15-11)13-7-14-10;/h1-6H;/q-1;. The maximum absolute atomic E-state index is 4.28. The van der Waals surface area contributed by atoms with Crippen LogP contribution in [0.2, 0.25) is 0 Å². The van der Waals surface area contributed by atoms with E-state index < -0.39 is 0 Å². The van der Waals surface area contributed by atoms with E-state index in [1.807, 2.05) is 29.6 Å². The summed E-state index contributed by atoms with van der Waals surface area (Å²) in [5.74, 6) is 0. The van der Waals surface area contributed by atoms with Crippen molar-refractivity contribution in [3.05, 3.63) is 42.2 Å². The molecule has 0 saturated heterocycles. The van der Waals surface area contributed by atoms with Gasteiger partial charge in [-0.3, -0.25) is 4.98 Å². The molecule has 0 aliphatic carbocycles. The Bertz CT molecular complexity index is 594. The summed E-state index contributed by atoms with van der Waals surface area (Å²) in [5.41, 5.74) is 2.65. The van der Waals surface area contributed by atoms with E-state index in [1.54, 1.807) is 17.5 Å². The number of aromatic nitrogens is 3. The van der Waals surface area contributed by atoms with Crippen molar-refractivity contribution in [2.24, 2.45) is 0 Å². The fourth-order valence-corrected chi connectivity index (χ4v) is 2.25. The molecule has 3 heterocycles. The molecule has 3 aromatic rings. The van der Waals surface area contributed by atoms with Crippen molar-refractivity contribution in [1.29, 1.82) is 0 Å². The maximum Gasteiger partial charge on any atom is 0.0342 e. The summed E-state index contributed by atoms with van der Waals surface area (Å²) in [4.78, 5) is 12.5. The summed E-state index contributed by atoms with van der Waals surface area (Å²) in [7, 11) is 0. The van der Waals surface area contributed by atoms with Gasteiger partial charge >= 0.3 is 0 Å². The van der Waals surface area contributed by atoms with Gasteiger partial charge in [-0.15, -0.1) is 0 Å². The van der Waals surface area contributed by atoms with Crippen LogP contribution < -0.4 is 0 Å². The first kappa shape index (κ1) is 11.4. The van der Waals surface area contributed by atoms with Crippen molar-refractivity contribution in [3.8, 4) is 11.4 Å². The summed E-state index contributed by atoms with van der Waals surface area (Å²) < 4.78 is 1.06. The van der Waals surface area contributed by atoms with Crippen LogP contribution in [0.15, 0.2) is 35.8 Å². The first-order chi connectivity index (χ1) is 7.45. The van der Waals surface area contributed by atoms with E-state index >= 15 is 0 Å². The van der Waals surface area contributed by atoms with Gasteiger partial charge in [0.1, 0.15) is 0 Å². The van der Waals surface area contributed by atoms with E-state index in [1.165, 1.54) is 0 Å². The van der Waals surface area contributed by atoms with Gasteiger partial charge in [-0.2, -0.15) is 11.3 Å². The van der Waals surface area contributed by atoms with E-state index in [9.17, 15) is 0 Å². The van der Waals surface area contributed by atoms with Crippen molar-refractivity contribution < 1.29 is 21.1 Å². The Balaban J connectivity index is 0.000000963. The van der Waals surface area contributed by atoms with Crippen LogP contribution in [0.5, 0.6) is 0 Å². The molecule has 16 heavy (non-hydrogen) atoms. The number of hydrogen-bond acceptors (Lipinski definition) is 4. The molecule has 0 fully saturated rings. The molecule has 0 N–H and O–H groups in total. The summed E-state index contributed by atoms with van der Waals surface area (Å²) in [5, 5.41) is 2.00. The summed E-state index contributed by atoms with van der Waals surface area (Å²) in [6.45, 7) is 0. The molecular formula is C11H6MoN3S-. The zero-order valence-corrected chi connectivity index (χ0v) is 10.9. The number of fused-ring (bicyclic) bond motifs is 1. The van der Waals surface area contributed by atoms with Gasteiger partial charge in [-0.1, -0.05) is 12.1 Å². The fraction of sp³-hybridized carbons (Fsp3) is 0. The largest absolute Gasteiger partial charge is 0.365 e. The van der Waals surface area contributed by atoms with E-state index in [2.05, 4.69) is 21.3 Å². The Labute approximate surface area is 111 Å². The van der Waals surface area contributed by atoms with Gasteiger partial charge in [0, 0.05) is 39.3 Å². The van der Waals surface area contributed by atoms with Gasteiger partial charge in [0.05, 0.1) is 0 Å². The molecule has 0 atom stereocenters. The average molecular weight is 308 g/mol. The van der Waals surface area contributed by atoms with Crippen LogP contribution in [-0.2, 0) is 21.1 Å². The smallest absolute Gasteiger partial charge is 0.0342 e. The van der Waals surface area contributed by atoms with Gasteiger partial charge < -0.3 is 9.97 Å². The maximum atomic E-state index is 4.28. The Hall–Kier alpha value is -1.12. The predicted molar refractivity (Wildman–Crippen MR) is 59.5 cm³/mol. The van der Waals surface area contributed by atoms with Crippen molar-refractivity contribution in [1.82, 2.24) is 15.0 Å². The van der Waals surface area contributed by atoms with E-state index in [0.717, 1.165) is 21.6 Å². The SMILES string of the molecule is [Mo].[c-]1nc(-c2ccccn2)c2sccc2n1. The molecule has 0 amide bonds. The van der Waals surface area contributed by atoms with E-state index in [4.69, 9.17) is 0 Å². The summed E-state index contributed by atoms with van der Waals surface area (Å²) in [6.07, 6.45) is 4.42.